The summed E-state index contributed by atoms with van der Waals surface area (Å²) in [5.41, 5.74) is 3.48. The summed E-state index contributed by atoms with van der Waals surface area (Å²) in [6.07, 6.45) is 3.60. The Balaban J connectivity index is 1.43. The molecule has 2 amide bonds. The van der Waals surface area contributed by atoms with E-state index in [1.165, 1.54) is 6.08 Å². The van der Waals surface area contributed by atoms with E-state index in [4.69, 9.17) is 4.55 Å². The smallest absolute Gasteiger partial charge is 0.318 e. The summed E-state index contributed by atoms with van der Waals surface area (Å²) >= 11 is 0. The molecule has 2 aliphatic rings. The molecule has 0 radical (unpaired) electrons. The first-order chi connectivity index (χ1) is 15.8. The maximum atomic E-state index is 11.5. The number of aliphatic imine (C=N–C) groups is 1. The van der Waals surface area contributed by atoms with Gasteiger partial charge >= 0.3 is 6.03 Å². The molecule has 11 nitrogen and oxygen atoms in total. The number of nitrogens with zero attached hydrogens (tertiary/aromatic N) is 2. The normalized spacial score (nSPS) is 20.5. The van der Waals surface area contributed by atoms with Gasteiger partial charge in [0.1, 0.15) is 12.1 Å². The Morgan fingerprint density at radius 1 is 1.21 bits per heavy atom. The monoisotopic (exact) mass is 471 g/mol. The van der Waals surface area contributed by atoms with Crippen LogP contribution in [0.4, 0.5) is 10.5 Å². The Kier molecular flexibility index (Phi) is 6.70. The molecule has 1 fully saturated rings. The second-order valence-corrected chi connectivity index (χ2v) is 9.06. The second kappa shape index (κ2) is 9.67. The van der Waals surface area contributed by atoms with E-state index in [0.29, 0.717) is 11.5 Å². The Morgan fingerprint density at radius 3 is 2.70 bits per heavy atom. The number of hydrogen-bond acceptors (Lipinski definition) is 8. The fraction of sp³-hybridized carbons (Fsp3) is 0.286. The van der Waals surface area contributed by atoms with Crippen molar-refractivity contribution in [2.75, 3.05) is 25.5 Å². The number of pyridine rings is 1. The van der Waals surface area contributed by atoms with E-state index in [1.54, 1.807) is 13.2 Å². The molecule has 1 aromatic heterocycles. The quantitative estimate of drug-likeness (QED) is 0.355. The van der Waals surface area contributed by atoms with Crippen LogP contribution in [0.3, 0.4) is 0 Å². The van der Waals surface area contributed by atoms with E-state index >= 15 is 0 Å². The van der Waals surface area contributed by atoms with E-state index < -0.39 is 10.1 Å². The fourth-order valence-electron chi connectivity index (χ4n) is 3.61. The van der Waals surface area contributed by atoms with Crippen LogP contribution in [0.5, 0.6) is 0 Å². The van der Waals surface area contributed by atoms with Crippen LogP contribution in [-0.2, 0) is 10.1 Å². The molecule has 0 spiro atoms. The molecule has 2 aliphatic heterocycles. The highest BCUT2D eigenvalue weighted by Gasteiger charge is 2.25. The van der Waals surface area contributed by atoms with Crippen molar-refractivity contribution in [3.8, 4) is 11.3 Å². The van der Waals surface area contributed by atoms with Gasteiger partial charge in [0.05, 0.1) is 17.1 Å². The maximum absolute atomic E-state index is 11.5. The average Bonchev–Trinajstić information content (AvgIpc) is 3.29. The molecule has 2 atom stereocenters. The molecule has 0 saturated carbocycles. The summed E-state index contributed by atoms with van der Waals surface area (Å²) in [6.45, 7) is 0.650. The van der Waals surface area contributed by atoms with Gasteiger partial charge in [-0.05, 0) is 42.3 Å². The lowest BCUT2D eigenvalue weighted by atomic mass is 10.0. The van der Waals surface area contributed by atoms with Crippen LogP contribution in [0.2, 0.25) is 0 Å². The number of urea groups is 1. The third-order valence-electron chi connectivity index (χ3n) is 5.33. The number of benzene rings is 1. The van der Waals surface area contributed by atoms with Crippen LogP contribution in [-0.4, -0.2) is 56.2 Å². The van der Waals surface area contributed by atoms with Crippen LogP contribution in [0, 0.1) is 0 Å². The van der Waals surface area contributed by atoms with E-state index in [9.17, 15) is 13.2 Å². The standard InChI is InChI=1S/C21H25N7O4S/c1-22-21(29)26-15-4-2-13(3-5-15)18-10-14(6-8-23-18)17-7-9-24-20(27-17)28-19-11-16(12-25-19)33(30,31)32/h2-6,8,10-11,17,20,24,27H,7,9,12H2,1H3,(H,25,28)(H2,22,26,29)(H,30,31,32). The minimum Gasteiger partial charge on any atom is -0.343 e. The number of amidine groups is 1. The van der Waals surface area contributed by atoms with Gasteiger partial charge in [-0.25, -0.2) is 4.79 Å². The molecule has 1 saturated heterocycles. The van der Waals surface area contributed by atoms with Gasteiger partial charge in [-0.2, -0.15) is 8.42 Å². The van der Waals surface area contributed by atoms with Crippen molar-refractivity contribution in [1.82, 2.24) is 26.3 Å². The van der Waals surface area contributed by atoms with E-state index in [-0.39, 0.29) is 29.8 Å². The lowest BCUT2D eigenvalue weighted by molar-refractivity contribution is 0.254. The Bertz CT molecular complexity index is 1200. The van der Waals surface area contributed by atoms with Crippen molar-refractivity contribution in [2.24, 2.45) is 4.99 Å². The van der Waals surface area contributed by atoms with Gasteiger partial charge in [-0.3, -0.25) is 25.2 Å². The largest absolute Gasteiger partial charge is 0.343 e. The second-order valence-electron chi connectivity index (χ2n) is 7.58. The number of carbonyl (C=O) groups is 1. The molecular weight excluding hydrogens is 446 g/mol. The lowest BCUT2D eigenvalue weighted by Gasteiger charge is -2.33. The molecule has 4 rings (SSSR count). The predicted octanol–water partition coefficient (Wildman–Crippen LogP) is 1.18. The number of rotatable bonds is 5. The number of nitrogens with one attached hydrogen (secondary N) is 5. The Morgan fingerprint density at radius 2 is 2.00 bits per heavy atom. The maximum Gasteiger partial charge on any atom is 0.318 e. The lowest BCUT2D eigenvalue weighted by Crippen LogP contribution is -2.58. The Hall–Kier alpha value is -3.32. The molecule has 0 aliphatic carbocycles. The molecular formula is C21H25N7O4S. The summed E-state index contributed by atoms with van der Waals surface area (Å²) < 4.78 is 31.7. The molecule has 3 heterocycles. The highest BCUT2D eigenvalue weighted by atomic mass is 32.2. The van der Waals surface area contributed by atoms with Crippen LogP contribution in [0.15, 0.2) is 58.6 Å². The van der Waals surface area contributed by atoms with Crippen molar-refractivity contribution < 1.29 is 17.8 Å². The predicted molar refractivity (Wildman–Crippen MR) is 125 cm³/mol. The van der Waals surface area contributed by atoms with Gasteiger partial charge in [-0.15, -0.1) is 0 Å². The summed E-state index contributed by atoms with van der Waals surface area (Å²) in [4.78, 5) is 19.9. The molecule has 0 bridgehead atoms. The molecule has 6 N–H and O–H groups in total. The van der Waals surface area contributed by atoms with Crippen LogP contribution in [0.25, 0.3) is 11.3 Å². The van der Waals surface area contributed by atoms with Crippen LogP contribution in [0.1, 0.15) is 18.0 Å². The number of carbonyl (C=O) groups excluding carboxylic acids is 1. The third kappa shape index (κ3) is 5.73. The zero-order valence-electron chi connectivity index (χ0n) is 17.9. The first kappa shape index (κ1) is 22.9. The summed E-state index contributed by atoms with van der Waals surface area (Å²) in [7, 11) is -2.68. The van der Waals surface area contributed by atoms with Gasteiger partial charge < -0.3 is 16.0 Å². The van der Waals surface area contributed by atoms with E-state index in [2.05, 4.69) is 36.6 Å². The molecule has 33 heavy (non-hydrogen) atoms. The Labute approximate surface area is 191 Å². The van der Waals surface area contributed by atoms with E-state index in [1.807, 2.05) is 36.4 Å². The van der Waals surface area contributed by atoms with Gasteiger partial charge in [0.25, 0.3) is 10.1 Å². The first-order valence-corrected chi connectivity index (χ1v) is 11.8. The molecule has 1 aromatic carbocycles. The summed E-state index contributed by atoms with van der Waals surface area (Å²) in [6, 6.07) is 11.2. The number of hydrogen-bond donors (Lipinski definition) is 6. The molecule has 12 heteroatoms. The summed E-state index contributed by atoms with van der Waals surface area (Å²) in [5, 5.41) is 15.1. The minimum absolute atomic E-state index is 0.0340. The first-order valence-electron chi connectivity index (χ1n) is 10.4. The number of aromatic nitrogens is 1. The fourth-order valence-corrected chi connectivity index (χ4v) is 4.10. The van der Waals surface area contributed by atoms with Gasteiger partial charge in [0, 0.05) is 37.1 Å². The summed E-state index contributed by atoms with van der Waals surface area (Å²) in [5.74, 6) is 0.383. The van der Waals surface area contributed by atoms with Crippen molar-refractivity contribution in [1.29, 1.82) is 0 Å². The highest BCUT2D eigenvalue weighted by Crippen LogP contribution is 2.25. The minimum atomic E-state index is -4.24. The van der Waals surface area contributed by atoms with Crippen molar-refractivity contribution in [3.05, 3.63) is 59.1 Å². The molecule has 174 valence electrons. The topological polar surface area (TPSA) is 157 Å². The number of anilines is 1. The average molecular weight is 472 g/mol. The zero-order valence-corrected chi connectivity index (χ0v) is 18.7. The molecule has 2 unspecified atom stereocenters. The van der Waals surface area contributed by atoms with Crippen molar-refractivity contribution in [2.45, 2.75) is 18.8 Å². The van der Waals surface area contributed by atoms with Crippen molar-refractivity contribution in [3.63, 3.8) is 0 Å². The van der Waals surface area contributed by atoms with Gasteiger partial charge in [0.15, 0.2) is 0 Å². The van der Waals surface area contributed by atoms with Crippen molar-refractivity contribution >= 4 is 27.7 Å². The number of amides is 2. The van der Waals surface area contributed by atoms with Gasteiger partial charge in [0.2, 0.25) is 0 Å². The zero-order chi connectivity index (χ0) is 23.4. The highest BCUT2D eigenvalue weighted by molar-refractivity contribution is 7.89. The third-order valence-corrected chi connectivity index (χ3v) is 6.24. The van der Waals surface area contributed by atoms with Crippen LogP contribution >= 0.6 is 0 Å². The van der Waals surface area contributed by atoms with Gasteiger partial charge in [-0.1, -0.05) is 12.1 Å². The molecule has 2 aromatic rings. The SMILES string of the molecule is CNC(=O)Nc1ccc(-c2cc(C3CCNC(NC4=NCC(S(=O)(=O)O)=C4)N3)ccn2)cc1. The van der Waals surface area contributed by atoms with E-state index in [0.717, 1.165) is 29.8 Å². The van der Waals surface area contributed by atoms with Crippen LogP contribution < -0.4 is 26.6 Å².